The van der Waals surface area contributed by atoms with E-state index < -0.39 is 0 Å². The highest BCUT2D eigenvalue weighted by Crippen LogP contribution is 2.33. The number of aliphatic hydroxyl groups is 1. The summed E-state index contributed by atoms with van der Waals surface area (Å²) in [4.78, 5) is 0. The van der Waals surface area contributed by atoms with Gasteiger partial charge in [-0.25, -0.2) is 0 Å². The van der Waals surface area contributed by atoms with Crippen molar-refractivity contribution in [1.82, 2.24) is 0 Å². The minimum atomic E-state index is -0.198. The Morgan fingerprint density at radius 1 is 1.44 bits per heavy atom. The van der Waals surface area contributed by atoms with Crippen molar-refractivity contribution in [3.05, 3.63) is 27.7 Å². The first-order valence-corrected chi connectivity index (χ1v) is 6.94. The maximum atomic E-state index is 9.18. The summed E-state index contributed by atoms with van der Waals surface area (Å²) < 4.78 is 12.4. The third-order valence-electron chi connectivity index (χ3n) is 3.00. The molecule has 3 nitrogen and oxygen atoms in total. The van der Waals surface area contributed by atoms with Gasteiger partial charge in [0.15, 0.2) is 0 Å². The number of ether oxygens (including phenoxy) is 2. The fourth-order valence-electron chi connectivity index (χ4n) is 1.94. The first kappa shape index (κ1) is 13.8. The molecule has 18 heavy (non-hydrogen) atoms. The molecule has 4 heteroatoms. The molecule has 1 aliphatic heterocycles. The molecule has 0 radical (unpaired) electrons. The fraction of sp³-hybridized carbons (Fsp3) is 0.571. The van der Waals surface area contributed by atoms with E-state index in [0.29, 0.717) is 13.2 Å². The van der Waals surface area contributed by atoms with E-state index in [1.54, 1.807) is 0 Å². The Morgan fingerprint density at radius 2 is 2.22 bits per heavy atom. The highest BCUT2D eigenvalue weighted by Gasteiger charge is 2.20. The van der Waals surface area contributed by atoms with Gasteiger partial charge in [0.2, 0.25) is 0 Å². The van der Waals surface area contributed by atoms with E-state index in [9.17, 15) is 5.11 Å². The van der Waals surface area contributed by atoms with Gasteiger partial charge in [-0.1, -0.05) is 29.8 Å². The van der Waals surface area contributed by atoms with Crippen molar-refractivity contribution >= 4 is 15.9 Å². The van der Waals surface area contributed by atoms with Crippen LogP contribution < -0.4 is 4.74 Å². The number of aliphatic hydroxyl groups excluding tert-OH is 1. The molecule has 0 aliphatic carbocycles. The molecule has 1 heterocycles. The second-order valence-corrected chi connectivity index (χ2v) is 6.38. The topological polar surface area (TPSA) is 38.7 Å². The second kappa shape index (κ2) is 5.59. The van der Waals surface area contributed by atoms with Gasteiger partial charge in [-0.3, -0.25) is 0 Å². The Kier molecular flexibility index (Phi) is 4.30. The van der Waals surface area contributed by atoms with Gasteiger partial charge in [0.1, 0.15) is 5.75 Å². The molecule has 100 valence electrons. The van der Waals surface area contributed by atoms with Crippen LogP contribution in [-0.2, 0) is 17.8 Å². The predicted molar refractivity (Wildman–Crippen MR) is 73.9 cm³/mol. The summed E-state index contributed by atoms with van der Waals surface area (Å²) in [6.45, 7) is 5.89. The van der Waals surface area contributed by atoms with Crippen molar-refractivity contribution < 1.29 is 14.6 Å². The van der Waals surface area contributed by atoms with Crippen LogP contribution in [0.3, 0.4) is 0 Å². The van der Waals surface area contributed by atoms with Gasteiger partial charge in [-0.2, -0.15) is 0 Å². The average Bonchev–Trinajstić information content (AvgIpc) is 2.76. The quantitative estimate of drug-likeness (QED) is 0.908. The molecule has 0 saturated carbocycles. The monoisotopic (exact) mass is 314 g/mol. The lowest BCUT2D eigenvalue weighted by Crippen LogP contribution is -2.23. The molecular formula is C14H19BrO3. The van der Waals surface area contributed by atoms with E-state index in [1.165, 1.54) is 5.56 Å². The molecule has 0 bridgehead atoms. The van der Waals surface area contributed by atoms with Gasteiger partial charge in [-0.05, 0) is 17.7 Å². The lowest BCUT2D eigenvalue weighted by atomic mass is 9.96. The standard InChI is InChI=1S/C14H19BrO3/c1-14(2,8-16)9-17-7-11-6-12(15)5-10-3-4-18-13(10)11/h5-6,16H,3-4,7-9H2,1-2H3. The first-order valence-electron chi connectivity index (χ1n) is 6.14. The van der Waals surface area contributed by atoms with E-state index >= 15 is 0 Å². The maximum absolute atomic E-state index is 9.18. The number of fused-ring (bicyclic) bond motifs is 1. The normalized spacial score (nSPS) is 14.4. The van der Waals surface area contributed by atoms with Gasteiger partial charge in [-0.15, -0.1) is 0 Å². The van der Waals surface area contributed by atoms with Crippen molar-refractivity contribution in [3.8, 4) is 5.75 Å². The summed E-state index contributed by atoms with van der Waals surface area (Å²) in [5.41, 5.74) is 2.12. The number of halogens is 1. The summed E-state index contributed by atoms with van der Waals surface area (Å²) in [7, 11) is 0. The van der Waals surface area contributed by atoms with E-state index in [4.69, 9.17) is 9.47 Å². The van der Waals surface area contributed by atoms with Crippen LogP contribution in [0, 0.1) is 5.41 Å². The predicted octanol–water partition coefficient (Wildman–Crippen LogP) is 2.92. The Labute approximate surface area is 116 Å². The van der Waals surface area contributed by atoms with Crippen LogP contribution in [-0.4, -0.2) is 24.9 Å². The molecule has 1 N–H and O–H groups in total. The molecule has 0 aromatic heterocycles. The Bertz CT molecular complexity index is 429. The molecule has 1 aliphatic rings. The molecule has 0 atom stereocenters. The third kappa shape index (κ3) is 3.25. The van der Waals surface area contributed by atoms with E-state index in [2.05, 4.69) is 22.0 Å². The molecule has 0 saturated heterocycles. The van der Waals surface area contributed by atoms with Crippen LogP contribution in [0.1, 0.15) is 25.0 Å². The number of benzene rings is 1. The minimum Gasteiger partial charge on any atom is -0.493 e. The van der Waals surface area contributed by atoms with Gasteiger partial charge in [0.05, 0.1) is 26.4 Å². The van der Waals surface area contributed by atoms with Crippen molar-refractivity contribution in [3.63, 3.8) is 0 Å². The molecular weight excluding hydrogens is 296 g/mol. The van der Waals surface area contributed by atoms with Gasteiger partial charge in [0.25, 0.3) is 0 Å². The van der Waals surface area contributed by atoms with E-state index in [1.807, 2.05) is 19.9 Å². The van der Waals surface area contributed by atoms with Gasteiger partial charge >= 0.3 is 0 Å². The summed E-state index contributed by atoms with van der Waals surface area (Å²) in [5, 5.41) is 9.18. The first-order chi connectivity index (χ1) is 8.52. The summed E-state index contributed by atoms with van der Waals surface area (Å²) in [6.07, 6.45) is 0.962. The van der Waals surface area contributed by atoms with Crippen molar-refractivity contribution in [2.45, 2.75) is 26.9 Å². The zero-order valence-electron chi connectivity index (χ0n) is 10.8. The maximum Gasteiger partial charge on any atom is 0.128 e. The Hall–Kier alpha value is -0.580. The molecule has 0 spiro atoms. The largest absolute Gasteiger partial charge is 0.493 e. The van der Waals surface area contributed by atoms with Gasteiger partial charge < -0.3 is 14.6 Å². The highest BCUT2D eigenvalue weighted by molar-refractivity contribution is 9.10. The smallest absolute Gasteiger partial charge is 0.128 e. The minimum absolute atomic E-state index is 0.125. The van der Waals surface area contributed by atoms with Crippen LogP contribution in [0.4, 0.5) is 0 Å². The van der Waals surface area contributed by atoms with E-state index in [0.717, 1.165) is 28.8 Å². The van der Waals surface area contributed by atoms with Crippen molar-refractivity contribution in [2.24, 2.45) is 5.41 Å². The summed E-state index contributed by atoms with van der Waals surface area (Å²) in [6, 6.07) is 4.14. The van der Waals surface area contributed by atoms with Crippen LogP contribution in [0.2, 0.25) is 0 Å². The Balaban J connectivity index is 2.02. The molecule has 0 fully saturated rings. The van der Waals surface area contributed by atoms with Crippen LogP contribution in [0.25, 0.3) is 0 Å². The molecule has 1 aromatic rings. The zero-order chi connectivity index (χ0) is 13.2. The summed E-state index contributed by atoms with van der Waals surface area (Å²) >= 11 is 3.51. The highest BCUT2D eigenvalue weighted by atomic mass is 79.9. The fourth-order valence-corrected chi connectivity index (χ4v) is 2.49. The molecule has 0 amide bonds. The van der Waals surface area contributed by atoms with Gasteiger partial charge in [0, 0.05) is 21.9 Å². The SMILES string of the molecule is CC(C)(CO)COCc1cc(Br)cc2c1OCC2. The molecule has 1 aromatic carbocycles. The zero-order valence-corrected chi connectivity index (χ0v) is 12.4. The van der Waals surface area contributed by atoms with Crippen molar-refractivity contribution in [2.75, 3.05) is 19.8 Å². The van der Waals surface area contributed by atoms with Crippen LogP contribution >= 0.6 is 15.9 Å². The number of hydrogen-bond acceptors (Lipinski definition) is 3. The summed E-state index contributed by atoms with van der Waals surface area (Å²) in [5.74, 6) is 0.972. The third-order valence-corrected chi connectivity index (χ3v) is 3.46. The number of hydrogen-bond donors (Lipinski definition) is 1. The van der Waals surface area contributed by atoms with E-state index in [-0.39, 0.29) is 12.0 Å². The lowest BCUT2D eigenvalue weighted by molar-refractivity contribution is 0.0191. The molecule has 2 rings (SSSR count). The lowest BCUT2D eigenvalue weighted by Gasteiger charge is -2.21. The van der Waals surface area contributed by atoms with Crippen LogP contribution in [0.15, 0.2) is 16.6 Å². The van der Waals surface area contributed by atoms with Crippen LogP contribution in [0.5, 0.6) is 5.75 Å². The number of rotatable bonds is 5. The van der Waals surface area contributed by atoms with Crippen molar-refractivity contribution in [1.29, 1.82) is 0 Å². The molecule has 0 unspecified atom stereocenters. The average molecular weight is 315 g/mol. The Morgan fingerprint density at radius 3 is 2.94 bits per heavy atom. The second-order valence-electron chi connectivity index (χ2n) is 5.47.